The predicted molar refractivity (Wildman–Crippen MR) is 165 cm³/mol. The van der Waals surface area contributed by atoms with E-state index in [0.717, 1.165) is 29.8 Å². The van der Waals surface area contributed by atoms with E-state index in [2.05, 4.69) is 31.7 Å². The number of aryl methyl sites for hydroxylation is 1. The summed E-state index contributed by atoms with van der Waals surface area (Å²) in [5.41, 5.74) is 3.08. The van der Waals surface area contributed by atoms with E-state index in [0.29, 0.717) is 47.0 Å². The van der Waals surface area contributed by atoms with Gasteiger partial charge in [-0.3, -0.25) is 4.79 Å². The SMILES string of the molecule is C=CC(=O)N1CCCN(c2ccc3ncnc(Nc4ccc(Oc5ccc6c(c5)ncn6C)c(C)c4F)c3n2)CC1(C)C. The number of nitrogens with zero attached hydrogens (tertiary/aromatic N) is 7. The summed E-state index contributed by atoms with van der Waals surface area (Å²) >= 11 is 0. The number of halogens is 1. The van der Waals surface area contributed by atoms with Crippen molar-refractivity contribution in [2.24, 2.45) is 7.05 Å². The number of benzene rings is 2. The summed E-state index contributed by atoms with van der Waals surface area (Å²) in [7, 11) is 1.93. The number of nitrogens with one attached hydrogen (secondary N) is 1. The Morgan fingerprint density at radius 1 is 1.09 bits per heavy atom. The minimum Gasteiger partial charge on any atom is -0.457 e. The first-order chi connectivity index (χ1) is 20.6. The van der Waals surface area contributed by atoms with E-state index in [4.69, 9.17) is 9.72 Å². The third kappa shape index (κ3) is 5.33. The number of carbonyl (C=O) groups is 1. The van der Waals surface area contributed by atoms with Crippen LogP contribution in [0.5, 0.6) is 11.5 Å². The number of hydrogen-bond acceptors (Lipinski definition) is 8. The summed E-state index contributed by atoms with van der Waals surface area (Å²) in [4.78, 5) is 34.5. The molecule has 1 N–H and O–H groups in total. The van der Waals surface area contributed by atoms with Crippen molar-refractivity contribution in [1.82, 2.24) is 29.4 Å². The van der Waals surface area contributed by atoms with E-state index in [1.807, 2.05) is 60.7 Å². The molecule has 1 saturated heterocycles. The van der Waals surface area contributed by atoms with Crippen LogP contribution in [0.1, 0.15) is 25.8 Å². The molecule has 2 aromatic carbocycles. The van der Waals surface area contributed by atoms with E-state index >= 15 is 4.39 Å². The van der Waals surface area contributed by atoms with Crippen LogP contribution in [-0.2, 0) is 11.8 Å². The Hall–Kier alpha value is -5.06. The highest BCUT2D eigenvalue weighted by Gasteiger charge is 2.34. The molecule has 1 aliphatic rings. The number of amides is 1. The van der Waals surface area contributed by atoms with Gasteiger partial charge in [-0.2, -0.15) is 0 Å². The third-order valence-corrected chi connectivity index (χ3v) is 7.86. The number of pyridine rings is 1. The van der Waals surface area contributed by atoms with Crippen molar-refractivity contribution < 1.29 is 13.9 Å². The van der Waals surface area contributed by atoms with Crippen molar-refractivity contribution in [1.29, 1.82) is 0 Å². The third-order valence-electron chi connectivity index (χ3n) is 7.86. The molecule has 0 saturated carbocycles. The normalized spacial score (nSPS) is 15.0. The Bertz CT molecular complexity index is 1870. The summed E-state index contributed by atoms with van der Waals surface area (Å²) in [6.07, 6.45) is 5.31. The standard InChI is InChI=1S/C32H33FN8O2/c1-6-28(42)41-15-7-14-40(17-32(41,3)4)27-13-10-23-30(38-27)31(35-18-34-23)37-22-9-12-26(20(2)29(22)33)43-21-8-11-25-24(16-21)36-19-39(25)5/h6,8-13,16,18-19H,1,7,14-15,17H2,2-5H3,(H,34,35,37). The van der Waals surface area contributed by atoms with Crippen LogP contribution in [0, 0.1) is 12.7 Å². The molecule has 0 spiro atoms. The summed E-state index contributed by atoms with van der Waals surface area (Å²) in [5, 5.41) is 3.12. The molecule has 4 heterocycles. The van der Waals surface area contributed by atoms with Crippen molar-refractivity contribution in [2.75, 3.05) is 29.9 Å². The maximum atomic E-state index is 15.7. The van der Waals surface area contributed by atoms with Crippen LogP contribution in [0.2, 0.25) is 0 Å². The molecule has 1 fully saturated rings. The number of aromatic nitrogens is 5. The Kier molecular flexibility index (Phi) is 7.17. The second kappa shape index (κ2) is 11.0. The Morgan fingerprint density at radius 2 is 1.93 bits per heavy atom. The maximum Gasteiger partial charge on any atom is 0.246 e. The first kappa shape index (κ1) is 28.1. The fourth-order valence-corrected chi connectivity index (χ4v) is 5.57. The monoisotopic (exact) mass is 580 g/mol. The smallest absolute Gasteiger partial charge is 0.246 e. The van der Waals surface area contributed by atoms with E-state index < -0.39 is 11.4 Å². The van der Waals surface area contributed by atoms with Crippen molar-refractivity contribution in [3.05, 3.63) is 79.2 Å². The van der Waals surface area contributed by atoms with Crippen molar-refractivity contribution in [3.63, 3.8) is 0 Å². The highest BCUT2D eigenvalue weighted by Crippen LogP contribution is 2.34. The van der Waals surface area contributed by atoms with Crippen LogP contribution in [0.25, 0.3) is 22.1 Å². The molecule has 6 rings (SSSR count). The zero-order valence-corrected chi connectivity index (χ0v) is 24.6. The second-order valence-electron chi connectivity index (χ2n) is 11.3. The molecule has 10 nitrogen and oxygen atoms in total. The molecule has 220 valence electrons. The fourth-order valence-electron chi connectivity index (χ4n) is 5.57. The average molecular weight is 581 g/mol. The molecule has 0 aliphatic carbocycles. The number of carbonyl (C=O) groups excluding carboxylic acids is 1. The first-order valence-electron chi connectivity index (χ1n) is 14.1. The van der Waals surface area contributed by atoms with Gasteiger partial charge in [-0.05, 0) is 69.7 Å². The Balaban J connectivity index is 1.27. The van der Waals surface area contributed by atoms with Crippen molar-refractivity contribution in [2.45, 2.75) is 32.7 Å². The number of rotatable bonds is 6. The minimum atomic E-state index is -0.458. The lowest BCUT2D eigenvalue weighted by Gasteiger charge is -2.38. The number of ether oxygens (including phenoxy) is 1. The van der Waals surface area contributed by atoms with E-state index in [1.54, 1.807) is 25.4 Å². The number of anilines is 3. The second-order valence-corrected chi connectivity index (χ2v) is 11.3. The van der Waals surface area contributed by atoms with Crippen LogP contribution in [-0.4, -0.2) is 60.5 Å². The fraction of sp³-hybridized carbons (Fsp3) is 0.281. The summed E-state index contributed by atoms with van der Waals surface area (Å²) in [6.45, 7) is 11.4. The van der Waals surface area contributed by atoms with Crippen LogP contribution >= 0.6 is 0 Å². The predicted octanol–water partition coefficient (Wildman–Crippen LogP) is 5.90. The van der Waals surface area contributed by atoms with Gasteiger partial charge in [0.1, 0.15) is 29.2 Å². The molecular weight excluding hydrogens is 547 g/mol. The van der Waals surface area contributed by atoms with Crippen LogP contribution < -0.4 is 15.0 Å². The van der Waals surface area contributed by atoms with Gasteiger partial charge < -0.3 is 24.4 Å². The lowest BCUT2D eigenvalue weighted by atomic mass is 10.0. The molecule has 43 heavy (non-hydrogen) atoms. The van der Waals surface area contributed by atoms with Crippen molar-refractivity contribution in [3.8, 4) is 11.5 Å². The molecule has 11 heteroatoms. The quantitative estimate of drug-likeness (QED) is 0.248. The number of imidazole rings is 1. The molecule has 0 bridgehead atoms. The van der Waals surface area contributed by atoms with Gasteiger partial charge in [-0.1, -0.05) is 6.58 Å². The topological polar surface area (TPSA) is 101 Å². The van der Waals surface area contributed by atoms with Crippen LogP contribution in [0.4, 0.5) is 21.7 Å². The average Bonchev–Trinajstić information content (AvgIpc) is 3.28. The largest absolute Gasteiger partial charge is 0.457 e. The highest BCUT2D eigenvalue weighted by atomic mass is 19.1. The first-order valence-corrected chi connectivity index (χ1v) is 14.1. The van der Waals surface area contributed by atoms with Crippen LogP contribution in [0.15, 0.2) is 67.8 Å². The lowest BCUT2D eigenvalue weighted by molar-refractivity contribution is -0.130. The van der Waals surface area contributed by atoms with Gasteiger partial charge in [0.15, 0.2) is 11.6 Å². The van der Waals surface area contributed by atoms with E-state index in [-0.39, 0.29) is 11.6 Å². The molecule has 1 amide bonds. The molecule has 0 unspecified atom stereocenters. The van der Waals surface area contributed by atoms with Gasteiger partial charge in [-0.15, -0.1) is 0 Å². The molecule has 5 aromatic rings. The van der Waals surface area contributed by atoms with Crippen molar-refractivity contribution >= 4 is 45.3 Å². The molecule has 3 aromatic heterocycles. The van der Waals surface area contributed by atoms with Gasteiger partial charge in [0, 0.05) is 38.3 Å². The summed E-state index contributed by atoms with van der Waals surface area (Å²) in [6, 6.07) is 12.7. The lowest BCUT2D eigenvalue weighted by Crippen LogP contribution is -2.51. The highest BCUT2D eigenvalue weighted by molar-refractivity contribution is 5.89. The molecule has 0 radical (unpaired) electrons. The molecule has 0 atom stereocenters. The zero-order valence-electron chi connectivity index (χ0n) is 24.6. The minimum absolute atomic E-state index is 0.0822. The van der Waals surface area contributed by atoms with Gasteiger partial charge in [0.25, 0.3) is 0 Å². The Labute approximate surface area is 248 Å². The van der Waals surface area contributed by atoms with E-state index in [9.17, 15) is 4.79 Å². The van der Waals surface area contributed by atoms with Gasteiger partial charge >= 0.3 is 0 Å². The summed E-state index contributed by atoms with van der Waals surface area (Å²) in [5.74, 6) is 1.55. The van der Waals surface area contributed by atoms with Crippen LogP contribution in [0.3, 0.4) is 0 Å². The summed E-state index contributed by atoms with van der Waals surface area (Å²) < 4.78 is 23.6. The number of hydrogen-bond donors (Lipinski definition) is 1. The maximum absolute atomic E-state index is 15.7. The van der Waals surface area contributed by atoms with E-state index in [1.165, 1.54) is 12.4 Å². The van der Waals surface area contributed by atoms with Gasteiger partial charge in [-0.25, -0.2) is 24.3 Å². The Morgan fingerprint density at radius 3 is 2.74 bits per heavy atom. The van der Waals surface area contributed by atoms with Gasteiger partial charge in [0.05, 0.1) is 34.1 Å². The zero-order chi connectivity index (χ0) is 30.3. The number of fused-ring (bicyclic) bond motifs is 2. The molecule has 1 aliphatic heterocycles. The molecular formula is C32H33FN8O2. The van der Waals surface area contributed by atoms with Gasteiger partial charge in [0.2, 0.25) is 5.91 Å².